The van der Waals surface area contributed by atoms with Crippen molar-refractivity contribution in [1.29, 1.82) is 0 Å². The maximum Gasteiger partial charge on any atom is 0.254 e. The Bertz CT molecular complexity index is 461. The van der Waals surface area contributed by atoms with E-state index in [9.17, 15) is 14.3 Å². The zero-order valence-corrected chi connectivity index (χ0v) is 11.2. The average molecular weight is 318 g/mol. The van der Waals surface area contributed by atoms with Crippen molar-refractivity contribution in [3.8, 4) is 0 Å². The van der Waals surface area contributed by atoms with E-state index in [0.717, 1.165) is 0 Å². The Kier molecular flexibility index (Phi) is 3.99. The summed E-state index contributed by atoms with van der Waals surface area (Å²) in [6.45, 7) is 0.719. The van der Waals surface area contributed by atoms with Crippen LogP contribution in [0.4, 0.5) is 4.39 Å². The highest BCUT2D eigenvalue weighted by Gasteiger charge is 2.32. The largest absolute Gasteiger partial charge is 0.386 e. The molecule has 4 nitrogen and oxygen atoms in total. The molecule has 6 heteroatoms. The molecule has 1 aliphatic rings. The van der Waals surface area contributed by atoms with Crippen LogP contribution < -0.4 is 5.32 Å². The molecule has 18 heavy (non-hydrogen) atoms. The average Bonchev–Trinajstić information content (AvgIpc) is 2.74. The van der Waals surface area contributed by atoms with Crippen LogP contribution in [0.5, 0.6) is 0 Å². The van der Waals surface area contributed by atoms with Gasteiger partial charge in [-0.3, -0.25) is 4.79 Å². The first-order chi connectivity index (χ1) is 8.50. The summed E-state index contributed by atoms with van der Waals surface area (Å²) in [6, 6.07) is 4.21. The summed E-state index contributed by atoms with van der Waals surface area (Å²) in [5.41, 5.74) is -1.08. The molecule has 0 radical (unpaired) electrons. The van der Waals surface area contributed by atoms with Crippen LogP contribution in [0.15, 0.2) is 22.7 Å². The molecule has 2 rings (SSSR count). The number of rotatable bonds is 3. The molecule has 1 fully saturated rings. The van der Waals surface area contributed by atoms with Crippen LogP contribution in [0.25, 0.3) is 0 Å². The normalized spacial score (nSPS) is 23.1. The fraction of sp³-hybridized carbons (Fsp3) is 0.417. The maximum atomic E-state index is 13.5. The van der Waals surface area contributed by atoms with E-state index >= 15 is 0 Å². The van der Waals surface area contributed by atoms with Gasteiger partial charge in [0.15, 0.2) is 0 Å². The smallest absolute Gasteiger partial charge is 0.254 e. The number of carbonyl (C=O) groups is 1. The molecule has 1 amide bonds. The summed E-state index contributed by atoms with van der Waals surface area (Å²) >= 11 is 3.12. The number of amides is 1. The van der Waals surface area contributed by atoms with E-state index in [1.807, 2.05) is 0 Å². The zero-order valence-electron chi connectivity index (χ0n) is 9.58. The lowest BCUT2D eigenvalue weighted by Crippen LogP contribution is -2.43. The fourth-order valence-corrected chi connectivity index (χ4v) is 2.08. The minimum Gasteiger partial charge on any atom is -0.386 e. The summed E-state index contributed by atoms with van der Waals surface area (Å²) in [5, 5.41) is 12.5. The Morgan fingerprint density at radius 1 is 1.61 bits per heavy atom. The van der Waals surface area contributed by atoms with Gasteiger partial charge in [0.05, 0.1) is 12.2 Å². The molecule has 0 aromatic heterocycles. The van der Waals surface area contributed by atoms with Crippen molar-refractivity contribution in [3.63, 3.8) is 0 Å². The Balaban J connectivity index is 1.99. The van der Waals surface area contributed by atoms with Crippen molar-refractivity contribution in [2.24, 2.45) is 0 Å². The van der Waals surface area contributed by atoms with Gasteiger partial charge in [0.25, 0.3) is 5.91 Å². The summed E-state index contributed by atoms with van der Waals surface area (Å²) in [7, 11) is 0. The Morgan fingerprint density at radius 2 is 2.39 bits per heavy atom. The van der Waals surface area contributed by atoms with Crippen molar-refractivity contribution in [3.05, 3.63) is 34.1 Å². The second-order valence-corrected chi connectivity index (χ2v) is 5.25. The van der Waals surface area contributed by atoms with Crippen LogP contribution in [-0.4, -0.2) is 36.4 Å². The van der Waals surface area contributed by atoms with Crippen molar-refractivity contribution < 1.29 is 19.0 Å². The number of halogens is 2. The van der Waals surface area contributed by atoms with Crippen molar-refractivity contribution in [2.75, 3.05) is 19.8 Å². The molecule has 0 aliphatic carbocycles. The van der Waals surface area contributed by atoms with E-state index in [0.29, 0.717) is 17.5 Å². The lowest BCUT2D eigenvalue weighted by molar-refractivity contribution is 0.0264. The minimum atomic E-state index is -1.04. The summed E-state index contributed by atoms with van der Waals surface area (Å²) in [6.07, 6.45) is 0.468. The van der Waals surface area contributed by atoms with Gasteiger partial charge in [0, 0.05) is 24.0 Å². The van der Waals surface area contributed by atoms with E-state index < -0.39 is 17.3 Å². The van der Waals surface area contributed by atoms with Gasteiger partial charge in [-0.2, -0.15) is 0 Å². The van der Waals surface area contributed by atoms with Gasteiger partial charge in [0.1, 0.15) is 11.4 Å². The van der Waals surface area contributed by atoms with Gasteiger partial charge < -0.3 is 15.2 Å². The highest BCUT2D eigenvalue weighted by atomic mass is 79.9. The molecular formula is C12H13BrFNO3. The highest BCUT2D eigenvalue weighted by Crippen LogP contribution is 2.18. The number of benzene rings is 1. The van der Waals surface area contributed by atoms with E-state index in [1.54, 1.807) is 6.07 Å². The lowest BCUT2D eigenvalue weighted by Gasteiger charge is -2.20. The van der Waals surface area contributed by atoms with Crippen LogP contribution in [0.2, 0.25) is 0 Å². The summed E-state index contributed by atoms with van der Waals surface area (Å²) in [5.74, 6) is -1.14. The molecule has 0 saturated carbocycles. The lowest BCUT2D eigenvalue weighted by atomic mass is 10.0. The first-order valence-electron chi connectivity index (χ1n) is 5.54. The van der Waals surface area contributed by atoms with Crippen molar-refractivity contribution in [1.82, 2.24) is 5.32 Å². The second kappa shape index (κ2) is 5.34. The Morgan fingerprint density at radius 3 is 3.00 bits per heavy atom. The predicted molar refractivity (Wildman–Crippen MR) is 66.8 cm³/mol. The molecule has 1 aliphatic heterocycles. The number of nitrogens with one attached hydrogen (secondary N) is 1. The SMILES string of the molecule is O=C(NCC1(O)CCOC1)c1ccc(Br)cc1F. The summed E-state index contributed by atoms with van der Waals surface area (Å²) in [4.78, 5) is 11.8. The van der Waals surface area contributed by atoms with E-state index in [4.69, 9.17) is 4.74 Å². The molecule has 1 heterocycles. The quantitative estimate of drug-likeness (QED) is 0.887. The van der Waals surface area contributed by atoms with Gasteiger partial charge in [-0.15, -0.1) is 0 Å². The molecule has 1 saturated heterocycles. The van der Waals surface area contributed by atoms with Crippen LogP contribution in [0.1, 0.15) is 16.8 Å². The van der Waals surface area contributed by atoms with Crippen LogP contribution >= 0.6 is 15.9 Å². The molecule has 98 valence electrons. The fourth-order valence-electron chi connectivity index (χ4n) is 1.75. The van der Waals surface area contributed by atoms with Gasteiger partial charge in [-0.05, 0) is 18.2 Å². The van der Waals surface area contributed by atoms with Crippen LogP contribution in [-0.2, 0) is 4.74 Å². The van der Waals surface area contributed by atoms with E-state index in [2.05, 4.69) is 21.2 Å². The number of aliphatic hydroxyl groups is 1. The Labute approximate surface area is 112 Å². The zero-order chi connectivity index (χ0) is 13.2. The number of ether oxygens (including phenoxy) is 1. The van der Waals surface area contributed by atoms with Gasteiger partial charge in [-0.25, -0.2) is 4.39 Å². The minimum absolute atomic E-state index is 0.0410. The van der Waals surface area contributed by atoms with Crippen molar-refractivity contribution >= 4 is 21.8 Å². The van der Waals surface area contributed by atoms with Crippen molar-refractivity contribution in [2.45, 2.75) is 12.0 Å². The number of hydrogen-bond acceptors (Lipinski definition) is 3. The molecule has 0 spiro atoms. The molecule has 1 aromatic carbocycles. The van der Waals surface area contributed by atoms with E-state index in [1.165, 1.54) is 12.1 Å². The maximum absolute atomic E-state index is 13.5. The third-order valence-electron chi connectivity index (χ3n) is 2.84. The molecule has 1 aromatic rings. The van der Waals surface area contributed by atoms with Gasteiger partial charge >= 0.3 is 0 Å². The molecule has 2 N–H and O–H groups in total. The van der Waals surface area contributed by atoms with E-state index in [-0.39, 0.29) is 18.7 Å². The summed E-state index contributed by atoms with van der Waals surface area (Å²) < 4.78 is 19.1. The van der Waals surface area contributed by atoms with Crippen LogP contribution in [0, 0.1) is 5.82 Å². The van der Waals surface area contributed by atoms with Crippen LogP contribution in [0.3, 0.4) is 0 Å². The number of carbonyl (C=O) groups excluding carboxylic acids is 1. The molecule has 1 unspecified atom stereocenters. The third-order valence-corrected chi connectivity index (χ3v) is 3.33. The second-order valence-electron chi connectivity index (χ2n) is 4.33. The molecular weight excluding hydrogens is 305 g/mol. The third kappa shape index (κ3) is 3.07. The predicted octanol–water partition coefficient (Wildman–Crippen LogP) is 1.47. The monoisotopic (exact) mass is 317 g/mol. The standard InChI is InChI=1S/C12H13BrFNO3/c13-8-1-2-9(10(14)5-8)11(16)15-6-12(17)3-4-18-7-12/h1-2,5,17H,3-4,6-7H2,(H,15,16). The number of hydrogen-bond donors (Lipinski definition) is 2. The molecule has 0 bridgehead atoms. The molecule has 1 atom stereocenters. The topological polar surface area (TPSA) is 58.6 Å². The van der Waals surface area contributed by atoms with Gasteiger partial charge in [-0.1, -0.05) is 15.9 Å². The first kappa shape index (κ1) is 13.5. The highest BCUT2D eigenvalue weighted by molar-refractivity contribution is 9.10. The Hall–Kier alpha value is -0.980. The van der Waals surface area contributed by atoms with Gasteiger partial charge in [0.2, 0.25) is 0 Å². The first-order valence-corrected chi connectivity index (χ1v) is 6.33.